The monoisotopic (exact) mass is 256 g/mol. The summed E-state index contributed by atoms with van der Waals surface area (Å²) < 4.78 is 23.5. The highest BCUT2D eigenvalue weighted by atomic mass is 32.2. The molecule has 0 spiro atoms. The first-order chi connectivity index (χ1) is 7.83. The van der Waals surface area contributed by atoms with E-state index >= 15 is 0 Å². The summed E-state index contributed by atoms with van der Waals surface area (Å²) in [6.07, 6.45) is -0.0698. The third kappa shape index (κ3) is 3.67. The summed E-state index contributed by atoms with van der Waals surface area (Å²) >= 11 is 0. The van der Waals surface area contributed by atoms with Crippen LogP contribution in [-0.4, -0.2) is 31.0 Å². The fourth-order valence-corrected chi connectivity index (χ4v) is 2.60. The van der Waals surface area contributed by atoms with Crippen molar-refractivity contribution in [2.75, 3.05) is 5.75 Å². The summed E-state index contributed by atoms with van der Waals surface area (Å²) in [4.78, 5) is 21.4. The number of ketones is 1. The van der Waals surface area contributed by atoms with E-state index in [2.05, 4.69) is 0 Å². The standard InChI is InChI=1S/C11H12O5S/c1-8(12)5-6-17(15,16)10-4-2-3-9(7-10)11(13)14/h2-4,7H,5-6H2,1H3,(H,13,14). The van der Waals surface area contributed by atoms with E-state index in [4.69, 9.17) is 5.11 Å². The van der Waals surface area contributed by atoms with E-state index in [-0.39, 0.29) is 28.4 Å². The molecule has 0 heterocycles. The molecule has 0 bridgehead atoms. The molecular formula is C11H12O5S. The van der Waals surface area contributed by atoms with E-state index in [1.807, 2.05) is 0 Å². The molecule has 0 aliphatic carbocycles. The van der Waals surface area contributed by atoms with Crippen molar-refractivity contribution in [3.8, 4) is 0 Å². The molecule has 0 amide bonds. The van der Waals surface area contributed by atoms with Gasteiger partial charge in [-0.1, -0.05) is 6.07 Å². The van der Waals surface area contributed by atoms with Gasteiger partial charge in [0.15, 0.2) is 9.84 Å². The Morgan fingerprint density at radius 3 is 2.47 bits per heavy atom. The summed E-state index contributed by atoms with van der Waals surface area (Å²) in [6.45, 7) is 1.31. The summed E-state index contributed by atoms with van der Waals surface area (Å²) in [5.74, 6) is -1.71. The molecule has 0 atom stereocenters. The molecule has 0 radical (unpaired) electrons. The van der Waals surface area contributed by atoms with E-state index in [1.54, 1.807) is 0 Å². The number of rotatable bonds is 5. The molecule has 0 unspecified atom stereocenters. The van der Waals surface area contributed by atoms with Crippen molar-refractivity contribution >= 4 is 21.6 Å². The van der Waals surface area contributed by atoms with Gasteiger partial charge in [-0.05, 0) is 25.1 Å². The van der Waals surface area contributed by atoms with Crippen LogP contribution in [0.2, 0.25) is 0 Å². The molecule has 5 nitrogen and oxygen atoms in total. The van der Waals surface area contributed by atoms with Gasteiger partial charge < -0.3 is 5.11 Å². The van der Waals surface area contributed by atoms with Crippen LogP contribution in [0, 0.1) is 0 Å². The summed E-state index contributed by atoms with van der Waals surface area (Å²) in [7, 11) is -3.60. The molecule has 1 aromatic carbocycles. The Morgan fingerprint density at radius 2 is 1.94 bits per heavy atom. The molecule has 0 fully saturated rings. The quantitative estimate of drug-likeness (QED) is 0.853. The second-order valence-electron chi connectivity index (χ2n) is 3.60. The largest absolute Gasteiger partial charge is 0.478 e. The van der Waals surface area contributed by atoms with Gasteiger partial charge in [-0.25, -0.2) is 13.2 Å². The fourth-order valence-electron chi connectivity index (χ4n) is 1.22. The van der Waals surface area contributed by atoms with Crippen LogP contribution in [0.15, 0.2) is 29.2 Å². The number of carboxylic acid groups (broad SMARTS) is 1. The average Bonchev–Trinajstić information content (AvgIpc) is 2.27. The molecule has 0 aromatic heterocycles. The second kappa shape index (κ2) is 5.09. The first kappa shape index (κ1) is 13.4. The van der Waals surface area contributed by atoms with Crippen molar-refractivity contribution in [1.82, 2.24) is 0 Å². The van der Waals surface area contributed by atoms with Crippen LogP contribution < -0.4 is 0 Å². The molecule has 1 rings (SSSR count). The summed E-state index contributed by atoms with van der Waals surface area (Å²) in [5.41, 5.74) is -0.0890. The Kier molecular flexibility index (Phi) is 4.01. The number of carboxylic acids is 1. The normalized spacial score (nSPS) is 11.1. The number of hydrogen-bond acceptors (Lipinski definition) is 4. The first-order valence-corrected chi connectivity index (χ1v) is 6.54. The number of aromatic carboxylic acids is 1. The topological polar surface area (TPSA) is 88.5 Å². The van der Waals surface area contributed by atoms with Gasteiger partial charge in [-0.15, -0.1) is 0 Å². The number of benzene rings is 1. The molecule has 1 N–H and O–H groups in total. The van der Waals surface area contributed by atoms with Crippen molar-refractivity contribution in [3.63, 3.8) is 0 Å². The van der Waals surface area contributed by atoms with E-state index < -0.39 is 15.8 Å². The maximum atomic E-state index is 11.8. The molecular weight excluding hydrogens is 244 g/mol. The molecule has 6 heteroatoms. The van der Waals surface area contributed by atoms with Crippen molar-refractivity contribution in [2.24, 2.45) is 0 Å². The highest BCUT2D eigenvalue weighted by Gasteiger charge is 2.16. The van der Waals surface area contributed by atoms with Crippen LogP contribution in [-0.2, 0) is 14.6 Å². The number of hydrogen-bond donors (Lipinski definition) is 1. The lowest BCUT2D eigenvalue weighted by Crippen LogP contribution is -2.10. The van der Waals surface area contributed by atoms with Gasteiger partial charge in [-0.2, -0.15) is 0 Å². The zero-order valence-electron chi connectivity index (χ0n) is 9.21. The van der Waals surface area contributed by atoms with Crippen LogP contribution in [0.5, 0.6) is 0 Å². The molecule has 0 saturated carbocycles. The maximum absolute atomic E-state index is 11.8. The van der Waals surface area contributed by atoms with Crippen LogP contribution in [0.3, 0.4) is 0 Å². The number of carbonyl (C=O) groups is 2. The Labute approximate surface area is 99.0 Å². The molecule has 1 aromatic rings. The highest BCUT2D eigenvalue weighted by Crippen LogP contribution is 2.14. The van der Waals surface area contributed by atoms with E-state index in [0.717, 1.165) is 6.07 Å². The number of carbonyl (C=O) groups excluding carboxylic acids is 1. The second-order valence-corrected chi connectivity index (χ2v) is 5.71. The zero-order valence-corrected chi connectivity index (χ0v) is 10.0. The third-order valence-corrected chi connectivity index (χ3v) is 3.88. The summed E-state index contributed by atoms with van der Waals surface area (Å²) in [6, 6.07) is 5.09. The number of Topliss-reactive ketones (excluding diaryl/α,β-unsaturated/α-hetero) is 1. The van der Waals surface area contributed by atoms with Gasteiger partial charge in [0.1, 0.15) is 5.78 Å². The van der Waals surface area contributed by atoms with Gasteiger partial charge in [0.05, 0.1) is 16.2 Å². The van der Waals surface area contributed by atoms with E-state index in [1.165, 1.54) is 25.1 Å². The lowest BCUT2D eigenvalue weighted by molar-refractivity contribution is -0.116. The van der Waals surface area contributed by atoms with E-state index in [9.17, 15) is 18.0 Å². The van der Waals surface area contributed by atoms with Gasteiger partial charge in [-0.3, -0.25) is 4.79 Å². The predicted octanol–water partition coefficient (Wildman–Crippen LogP) is 1.14. The van der Waals surface area contributed by atoms with Gasteiger partial charge >= 0.3 is 5.97 Å². The van der Waals surface area contributed by atoms with Crippen LogP contribution in [0.1, 0.15) is 23.7 Å². The van der Waals surface area contributed by atoms with Crippen LogP contribution in [0.4, 0.5) is 0 Å². The smallest absolute Gasteiger partial charge is 0.335 e. The third-order valence-electron chi connectivity index (χ3n) is 2.16. The number of sulfone groups is 1. The van der Waals surface area contributed by atoms with Gasteiger partial charge in [0, 0.05) is 6.42 Å². The van der Waals surface area contributed by atoms with Gasteiger partial charge in [0.2, 0.25) is 0 Å². The lowest BCUT2D eigenvalue weighted by Gasteiger charge is -2.03. The molecule has 0 aliphatic rings. The van der Waals surface area contributed by atoms with Crippen molar-refractivity contribution < 1.29 is 23.1 Å². The Hall–Kier alpha value is -1.69. The molecule has 17 heavy (non-hydrogen) atoms. The zero-order chi connectivity index (χ0) is 13.1. The van der Waals surface area contributed by atoms with Crippen LogP contribution in [0.25, 0.3) is 0 Å². The van der Waals surface area contributed by atoms with Gasteiger partial charge in [0.25, 0.3) is 0 Å². The minimum atomic E-state index is -3.60. The van der Waals surface area contributed by atoms with Crippen LogP contribution >= 0.6 is 0 Å². The Bertz CT molecular complexity index is 545. The minimum Gasteiger partial charge on any atom is -0.478 e. The lowest BCUT2D eigenvalue weighted by atomic mass is 10.2. The van der Waals surface area contributed by atoms with Crippen molar-refractivity contribution in [3.05, 3.63) is 29.8 Å². The Morgan fingerprint density at radius 1 is 1.29 bits per heavy atom. The predicted molar refractivity (Wildman–Crippen MR) is 60.8 cm³/mol. The summed E-state index contributed by atoms with van der Waals surface area (Å²) in [5, 5.41) is 8.74. The average molecular weight is 256 g/mol. The Balaban J connectivity index is 3.03. The highest BCUT2D eigenvalue weighted by molar-refractivity contribution is 7.91. The molecule has 0 aliphatic heterocycles. The van der Waals surface area contributed by atoms with E-state index in [0.29, 0.717) is 0 Å². The maximum Gasteiger partial charge on any atom is 0.335 e. The van der Waals surface area contributed by atoms with Crippen molar-refractivity contribution in [1.29, 1.82) is 0 Å². The van der Waals surface area contributed by atoms with Crippen molar-refractivity contribution in [2.45, 2.75) is 18.2 Å². The fraction of sp³-hybridized carbons (Fsp3) is 0.273. The molecule has 92 valence electrons. The SMILES string of the molecule is CC(=O)CCS(=O)(=O)c1cccc(C(=O)O)c1. The first-order valence-electron chi connectivity index (χ1n) is 4.88. The minimum absolute atomic E-state index is 0.0698. The molecule has 0 saturated heterocycles.